The normalized spacial score (nSPS) is 10.1. The maximum atomic E-state index is 10.8. The summed E-state index contributed by atoms with van der Waals surface area (Å²) in [6, 6.07) is 9.85. The van der Waals surface area contributed by atoms with Gasteiger partial charge in [-0.15, -0.1) is 12.4 Å². The molecule has 0 aliphatic carbocycles. The van der Waals surface area contributed by atoms with Crippen molar-refractivity contribution >= 4 is 40.5 Å². The fourth-order valence-corrected chi connectivity index (χ4v) is 2.56. The molecule has 9 heteroatoms. The van der Waals surface area contributed by atoms with Crippen LogP contribution in [0.5, 0.6) is 11.5 Å². The van der Waals surface area contributed by atoms with Crippen molar-refractivity contribution in [1.29, 1.82) is 0 Å². The molecule has 0 saturated carbocycles. The summed E-state index contributed by atoms with van der Waals surface area (Å²) in [4.78, 5) is 20.8. The van der Waals surface area contributed by atoms with Crippen LogP contribution in [-0.2, 0) is 0 Å². The van der Waals surface area contributed by atoms with Crippen LogP contribution in [0, 0.1) is 10.1 Å². The molecule has 0 atom stereocenters. The first-order valence-corrected chi connectivity index (χ1v) is 7.40. The average molecular weight is 377 g/mol. The molecule has 26 heavy (non-hydrogen) atoms. The fraction of sp³-hybridized carbons (Fsp3) is 0.176. The number of hydrogen-bond acceptors (Lipinski definition) is 7. The van der Waals surface area contributed by atoms with E-state index in [0.717, 1.165) is 11.1 Å². The second-order valence-corrected chi connectivity index (χ2v) is 5.25. The molecule has 0 bridgehead atoms. The molecule has 0 unspecified atom stereocenters. The maximum Gasteiger partial charge on any atom is 0.269 e. The summed E-state index contributed by atoms with van der Waals surface area (Å²) >= 11 is 0. The minimum atomic E-state index is -0.430. The predicted molar refractivity (Wildman–Crippen MR) is 101 cm³/mol. The summed E-state index contributed by atoms with van der Waals surface area (Å²) in [5.41, 5.74) is 1.51. The number of ether oxygens (including phenoxy) is 2. The van der Waals surface area contributed by atoms with Crippen LogP contribution in [0.2, 0.25) is 0 Å². The molecule has 8 nitrogen and oxygen atoms in total. The number of fused-ring (bicyclic) bond motifs is 1. The molecule has 136 valence electrons. The van der Waals surface area contributed by atoms with Gasteiger partial charge in [0, 0.05) is 36.3 Å². The van der Waals surface area contributed by atoms with Crippen LogP contribution >= 0.6 is 12.4 Å². The molecular weight excluding hydrogens is 360 g/mol. The Bertz CT molecular complexity index is 934. The van der Waals surface area contributed by atoms with E-state index < -0.39 is 4.92 Å². The number of anilines is 2. The number of halogens is 1. The number of nitrogens with zero attached hydrogens (tertiary/aromatic N) is 4. The third kappa shape index (κ3) is 3.45. The van der Waals surface area contributed by atoms with Crippen LogP contribution < -0.4 is 14.4 Å². The number of nitro groups is 1. The number of nitro benzene ring substituents is 1. The molecule has 0 N–H and O–H groups in total. The molecule has 0 spiro atoms. The van der Waals surface area contributed by atoms with Gasteiger partial charge >= 0.3 is 0 Å². The van der Waals surface area contributed by atoms with Crippen molar-refractivity contribution in [2.24, 2.45) is 0 Å². The van der Waals surface area contributed by atoms with Crippen molar-refractivity contribution in [2.75, 3.05) is 26.2 Å². The van der Waals surface area contributed by atoms with Gasteiger partial charge in [0.05, 0.1) is 24.7 Å². The molecule has 3 rings (SSSR count). The Balaban J connectivity index is 0.00000243. The molecule has 3 aromatic rings. The van der Waals surface area contributed by atoms with E-state index >= 15 is 0 Å². The molecule has 0 fully saturated rings. The summed E-state index contributed by atoms with van der Waals surface area (Å²) in [6.45, 7) is 0. The van der Waals surface area contributed by atoms with E-state index in [2.05, 4.69) is 9.97 Å². The van der Waals surface area contributed by atoms with E-state index in [0.29, 0.717) is 22.8 Å². The molecule has 0 amide bonds. The minimum absolute atomic E-state index is 0. The van der Waals surface area contributed by atoms with E-state index in [1.54, 1.807) is 32.4 Å². The van der Waals surface area contributed by atoms with Gasteiger partial charge in [0.2, 0.25) is 0 Å². The van der Waals surface area contributed by atoms with Gasteiger partial charge < -0.3 is 14.4 Å². The standard InChI is InChI=1S/C17H16N4O4.ClH/c1-20(11-4-6-12(7-5-11)21(22)23)17-13-8-15(24-2)16(25-3)9-14(13)18-10-19-17;/h4-10H,1-3H3;1H. The lowest BCUT2D eigenvalue weighted by Crippen LogP contribution is -2.12. The van der Waals surface area contributed by atoms with Gasteiger partial charge in [-0.25, -0.2) is 9.97 Å². The van der Waals surface area contributed by atoms with Crippen molar-refractivity contribution in [2.45, 2.75) is 0 Å². The highest BCUT2D eigenvalue weighted by Crippen LogP contribution is 2.36. The van der Waals surface area contributed by atoms with Gasteiger partial charge in [0.25, 0.3) is 5.69 Å². The lowest BCUT2D eigenvalue weighted by atomic mass is 10.2. The van der Waals surface area contributed by atoms with E-state index in [4.69, 9.17) is 9.47 Å². The zero-order chi connectivity index (χ0) is 18.0. The first-order valence-electron chi connectivity index (χ1n) is 7.40. The Hall–Kier alpha value is -3.13. The molecular formula is C17H17ClN4O4. The Kier molecular flexibility index (Phi) is 5.78. The lowest BCUT2D eigenvalue weighted by Gasteiger charge is -2.20. The first kappa shape index (κ1) is 19.2. The smallest absolute Gasteiger partial charge is 0.269 e. The van der Waals surface area contributed by atoms with E-state index in [-0.39, 0.29) is 18.1 Å². The first-order chi connectivity index (χ1) is 12.0. The van der Waals surface area contributed by atoms with Crippen LogP contribution in [0.4, 0.5) is 17.2 Å². The third-order valence-electron chi connectivity index (χ3n) is 3.89. The Labute approximate surface area is 155 Å². The van der Waals surface area contributed by atoms with E-state index in [1.165, 1.54) is 18.5 Å². The molecule has 0 aliphatic rings. The average Bonchev–Trinajstić information content (AvgIpc) is 2.65. The van der Waals surface area contributed by atoms with Gasteiger partial charge in [0.1, 0.15) is 12.1 Å². The maximum absolute atomic E-state index is 10.8. The highest BCUT2D eigenvalue weighted by Gasteiger charge is 2.15. The third-order valence-corrected chi connectivity index (χ3v) is 3.89. The Morgan fingerprint density at radius 3 is 2.23 bits per heavy atom. The summed E-state index contributed by atoms with van der Waals surface area (Å²) in [7, 11) is 4.96. The van der Waals surface area contributed by atoms with E-state index in [9.17, 15) is 10.1 Å². The van der Waals surface area contributed by atoms with Crippen LogP contribution in [-0.4, -0.2) is 36.2 Å². The summed E-state index contributed by atoms with van der Waals surface area (Å²) in [6.07, 6.45) is 1.46. The highest BCUT2D eigenvalue weighted by atomic mass is 35.5. The predicted octanol–water partition coefficient (Wildman–Crippen LogP) is 3.74. The summed E-state index contributed by atoms with van der Waals surface area (Å²) in [5.74, 6) is 1.81. The zero-order valence-electron chi connectivity index (χ0n) is 14.4. The molecule has 2 aromatic carbocycles. The zero-order valence-corrected chi connectivity index (χ0v) is 15.2. The largest absolute Gasteiger partial charge is 0.493 e. The molecule has 1 heterocycles. The number of rotatable bonds is 5. The SMILES string of the molecule is COc1cc2ncnc(N(C)c3ccc([N+](=O)[O-])cc3)c2cc1OC.Cl. The quantitative estimate of drug-likeness (QED) is 0.494. The van der Waals surface area contributed by atoms with Crippen molar-refractivity contribution in [1.82, 2.24) is 9.97 Å². The second-order valence-electron chi connectivity index (χ2n) is 5.25. The number of non-ortho nitro benzene ring substituents is 1. The fourth-order valence-electron chi connectivity index (χ4n) is 2.56. The van der Waals surface area contributed by atoms with Crippen LogP contribution in [0.25, 0.3) is 10.9 Å². The van der Waals surface area contributed by atoms with Gasteiger partial charge in [0.15, 0.2) is 11.5 Å². The van der Waals surface area contributed by atoms with Crippen molar-refractivity contribution in [3.8, 4) is 11.5 Å². The van der Waals surface area contributed by atoms with Crippen LogP contribution in [0.1, 0.15) is 0 Å². The van der Waals surface area contributed by atoms with Gasteiger partial charge in [-0.05, 0) is 18.2 Å². The monoisotopic (exact) mass is 376 g/mol. The van der Waals surface area contributed by atoms with Gasteiger partial charge in [-0.3, -0.25) is 10.1 Å². The number of methoxy groups -OCH3 is 2. The number of benzene rings is 2. The second kappa shape index (κ2) is 7.83. The Morgan fingerprint density at radius 2 is 1.65 bits per heavy atom. The van der Waals surface area contributed by atoms with Crippen molar-refractivity contribution in [3.63, 3.8) is 0 Å². The van der Waals surface area contributed by atoms with E-state index in [1.807, 2.05) is 18.0 Å². The topological polar surface area (TPSA) is 90.6 Å². The number of hydrogen-bond donors (Lipinski definition) is 0. The molecule has 0 radical (unpaired) electrons. The molecule has 0 aliphatic heterocycles. The number of aromatic nitrogens is 2. The Morgan fingerprint density at radius 1 is 1.04 bits per heavy atom. The van der Waals surface area contributed by atoms with Gasteiger partial charge in [-0.2, -0.15) is 0 Å². The molecule has 1 aromatic heterocycles. The van der Waals surface area contributed by atoms with Crippen molar-refractivity contribution < 1.29 is 14.4 Å². The molecule has 0 saturated heterocycles. The van der Waals surface area contributed by atoms with Gasteiger partial charge in [-0.1, -0.05) is 0 Å². The minimum Gasteiger partial charge on any atom is -0.493 e. The highest BCUT2D eigenvalue weighted by molar-refractivity contribution is 5.93. The van der Waals surface area contributed by atoms with Crippen LogP contribution in [0.15, 0.2) is 42.7 Å². The van der Waals surface area contributed by atoms with Crippen LogP contribution in [0.3, 0.4) is 0 Å². The summed E-state index contributed by atoms with van der Waals surface area (Å²) in [5, 5.41) is 11.6. The lowest BCUT2D eigenvalue weighted by molar-refractivity contribution is -0.384. The summed E-state index contributed by atoms with van der Waals surface area (Å²) < 4.78 is 10.7. The van der Waals surface area contributed by atoms with Crippen molar-refractivity contribution in [3.05, 3.63) is 52.8 Å².